The van der Waals surface area contributed by atoms with Gasteiger partial charge in [-0.05, 0) is 40.5 Å². The molecule has 24 heavy (non-hydrogen) atoms. The van der Waals surface area contributed by atoms with Crippen LogP contribution >= 0.6 is 0 Å². The molecule has 0 aromatic rings. The lowest BCUT2D eigenvalue weighted by Gasteiger charge is -2.26. The number of nitrogens with one attached hydrogen (secondary N) is 1. The fourth-order valence-electron chi connectivity index (χ4n) is 2.75. The van der Waals surface area contributed by atoms with Crippen LogP contribution in [0.15, 0.2) is 0 Å². The zero-order valence-electron chi connectivity index (χ0n) is 16.7. The van der Waals surface area contributed by atoms with Crippen LogP contribution in [0.5, 0.6) is 0 Å². The average molecular weight is 344 g/mol. The second-order valence-corrected chi connectivity index (χ2v) is 8.04. The van der Waals surface area contributed by atoms with E-state index in [1.165, 1.54) is 52.1 Å². The number of alkyl carbamates (subject to hydrolysis) is 1. The van der Waals surface area contributed by atoms with Gasteiger partial charge in [0, 0.05) is 0 Å². The van der Waals surface area contributed by atoms with Crippen molar-refractivity contribution in [3.63, 3.8) is 0 Å². The number of hydrogen-bond acceptors (Lipinski definition) is 4. The van der Waals surface area contributed by atoms with Gasteiger partial charge in [0.25, 0.3) is 0 Å². The van der Waals surface area contributed by atoms with Gasteiger partial charge in [-0.3, -0.25) is 0 Å². The number of amides is 1. The highest BCUT2D eigenvalue weighted by atomic mass is 16.6. The normalized spacial score (nSPS) is 15.8. The molecule has 5 heteroatoms. The van der Waals surface area contributed by atoms with Crippen molar-refractivity contribution in [2.24, 2.45) is 5.92 Å². The maximum absolute atomic E-state index is 11.4. The molecule has 0 saturated heterocycles. The molecule has 1 aliphatic rings. The Morgan fingerprint density at radius 1 is 1.04 bits per heavy atom. The number of carbonyl (C=O) groups excluding carboxylic acids is 2. The molecular weight excluding hydrogens is 306 g/mol. The van der Waals surface area contributed by atoms with Crippen LogP contribution in [-0.2, 0) is 14.3 Å². The summed E-state index contributed by atoms with van der Waals surface area (Å²) in [6.07, 6.45) is 9.79. The molecule has 1 aliphatic carbocycles. The minimum atomic E-state index is -1.09. The second-order valence-electron chi connectivity index (χ2n) is 8.04. The lowest BCUT2D eigenvalue weighted by Crippen LogP contribution is -2.51. The third-order valence-electron chi connectivity index (χ3n) is 3.93. The minimum Gasteiger partial charge on any atom is -0.467 e. The molecule has 0 aromatic heterocycles. The molecule has 142 valence electrons. The molecule has 0 unspecified atom stereocenters. The SMILES string of the molecule is CCCC1CCCCC1.COC(=O)C(C)(C)NC(=O)OC(C)(C)C. The number of hydrogen-bond donors (Lipinski definition) is 1. The summed E-state index contributed by atoms with van der Waals surface area (Å²) in [5.74, 6) is 0.581. The highest BCUT2D eigenvalue weighted by Gasteiger charge is 2.32. The summed E-state index contributed by atoms with van der Waals surface area (Å²) < 4.78 is 9.55. The van der Waals surface area contributed by atoms with Crippen molar-refractivity contribution >= 4 is 12.1 Å². The molecule has 0 atom stereocenters. The summed E-state index contributed by atoms with van der Waals surface area (Å²) in [5, 5.41) is 2.43. The smallest absolute Gasteiger partial charge is 0.408 e. The average Bonchev–Trinajstić information content (AvgIpc) is 2.45. The van der Waals surface area contributed by atoms with E-state index in [-0.39, 0.29) is 0 Å². The monoisotopic (exact) mass is 343 g/mol. The highest BCUT2D eigenvalue weighted by molar-refractivity contribution is 5.84. The predicted molar refractivity (Wildman–Crippen MR) is 96.9 cm³/mol. The molecule has 1 N–H and O–H groups in total. The van der Waals surface area contributed by atoms with E-state index in [4.69, 9.17) is 4.74 Å². The number of rotatable bonds is 4. The van der Waals surface area contributed by atoms with Crippen LogP contribution in [0.25, 0.3) is 0 Å². The summed E-state index contributed by atoms with van der Waals surface area (Å²) in [5.41, 5.74) is -1.67. The lowest BCUT2D eigenvalue weighted by molar-refractivity contribution is -0.147. The zero-order valence-corrected chi connectivity index (χ0v) is 16.7. The van der Waals surface area contributed by atoms with Gasteiger partial charge in [-0.25, -0.2) is 9.59 Å². The Morgan fingerprint density at radius 2 is 1.58 bits per heavy atom. The maximum Gasteiger partial charge on any atom is 0.408 e. The summed E-state index contributed by atoms with van der Waals surface area (Å²) in [7, 11) is 1.26. The van der Waals surface area contributed by atoms with Crippen molar-refractivity contribution in [2.75, 3.05) is 7.11 Å². The van der Waals surface area contributed by atoms with Crippen molar-refractivity contribution < 1.29 is 19.1 Å². The van der Waals surface area contributed by atoms with Gasteiger partial charge in [-0.2, -0.15) is 0 Å². The summed E-state index contributed by atoms with van der Waals surface area (Å²) in [4.78, 5) is 22.6. The molecule has 1 saturated carbocycles. The molecule has 0 spiro atoms. The molecule has 0 aromatic carbocycles. The third kappa shape index (κ3) is 10.5. The molecular formula is C19H37NO4. The van der Waals surface area contributed by atoms with Crippen molar-refractivity contribution in [1.82, 2.24) is 5.32 Å². The van der Waals surface area contributed by atoms with Gasteiger partial charge in [-0.15, -0.1) is 0 Å². The van der Waals surface area contributed by atoms with E-state index >= 15 is 0 Å². The fraction of sp³-hybridized carbons (Fsp3) is 0.895. The molecule has 1 rings (SSSR count). The van der Waals surface area contributed by atoms with Crippen molar-refractivity contribution in [3.05, 3.63) is 0 Å². The van der Waals surface area contributed by atoms with Gasteiger partial charge >= 0.3 is 12.1 Å². The zero-order chi connectivity index (χ0) is 18.8. The minimum absolute atomic E-state index is 0.520. The number of ether oxygens (including phenoxy) is 2. The standard InChI is InChI=1S/C10H19NO4.C9H18/c1-9(2,3)15-8(13)11-10(4,5)7(12)14-6;1-2-6-9-7-4-3-5-8-9/h1-6H3,(H,11,13);9H,2-8H2,1H3. The highest BCUT2D eigenvalue weighted by Crippen LogP contribution is 2.26. The van der Waals surface area contributed by atoms with Gasteiger partial charge in [-0.1, -0.05) is 51.9 Å². The first-order valence-corrected chi connectivity index (χ1v) is 9.11. The van der Waals surface area contributed by atoms with E-state index in [0.29, 0.717) is 0 Å². The van der Waals surface area contributed by atoms with E-state index < -0.39 is 23.2 Å². The van der Waals surface area contributed by atoms with Gasteiger partial charge < -0.3 is 14.8 Å². The van der Waals surface area contributed by atoms with Crippen LogP contribution in [0.2, 0.25) is 0 Å². The molecule has 0 aliphatic heterocycles. The number of esters is 1. The first kappa shape index (κ1) is 22.7. The Balaban J connectivity index is 0.000000496. The van der Waals surface area contributed by atoms with Crippen LogP contribution in [0, 0.1) is 5.92 Å². The quantitative estimate of drug-likeness (QED) is 0.743. The molecule has 0 heterocycles. The molecule has 1 fully saturated rings. The molecule has 1 amide bonds. The topological polar surface area (TPSA) is 64.6 Å². The van der Waals surface area contributed by atoms with E-state index in [2.05, 4.69) is 17.0 Å². The van der Waals surface area contributed by atoms with E-state index in [0.717, 1.165) is 5.92 Å². The second kappa shape index (κ2) is 10.6. The van der Waals surface area contributed by atoms with Crippen LogP contribution in [0.4, 0.5) is 4.79 Å². The lowest BCUT2D eigenvalue weighted by atomic mass is 9.86. The van der Waals surface area contributed by atoms with Crippen molar-refractivity contribution in [3.8, 4) is 0 Å². The van der Waals surface area contributed by atoms with Crippen LogP contribution in [-0.4, -0.2) is 30.3 Å². The third-order valence-corrected chi connectivity index (χ3v) is 3.93. The first-order chi connectivity index (χ1) is 11.0. The number of carbonyl (C=O) groups is 2. The molecule has 0 bridgehead atoms. The van der Waals surface area contributed by atoms with Crippen LogP contribution < -0.4 is 5.32 Å². The largest absolute Gasteiger partial charge is 0.467 e. The molecule has 0 radical (unpaired) electrons. The Morgan fingerprint density at radius 3 is 2.00 bits per heavy atom. The maximum atomic E-state index is 11.4. The Hall–Kier alpha value is -1.26. The summed E-state index contributed by atoms with van der Waals surface area (Å²) >= 11 is 0. The summed E-state index contributed by atoms with van der Waals surface area (Å²) in [6, 6.07) is 0. The fourth-order valence-corrected chi connectivity index (χ4v) is 2.75. The van der Waals surface area contributed by atoms with Gasteiger partial charge in [0.2, 0.25) is 0 Å². The van der Waals surface area contributed by atoms with Gasteiger partial charge in [0.1, 0.15) is 11.1 Å². The summed E-state index contributed by atoms with van der Waals surface area (Å²) in [6.45, 7) is 10.6. The first-order valence-electron chi connectivity index (χ1n) is 9.11. The Kier molecular flexibility index (Phi) is 10.0. The van der Waals surface area contributed by atoms with E-state index in [1.54, 1.807) is 34.6 Å². The van der Waals surface area contributed by atoms with E-state index in [1.807, 2.05) is 0 Å². The predicted octanol–water partition coefficient (Wildman–Crippen LogP) is 4.83. The van der Waals surface area contributed by atoms with Crippen LogP contribution in [0.3, 0.4) is 0 Å². The van der Waals surface area contributed by atoms with Crippen molar-refractivity contribution in [2.45, 2.75) is 97.6 Å². The Labute approximate surface area is 147 Å². The Bertz CT molecular complexity index is 377. The van der Waals surface area contributed by atoms with Crippen molar-refractivity contribution in [1.29, 1.82) is 0 Å². The van der Waals surface area contributed by atoms with Gasteiger partial charge in [0.15, 0.2) is 0 Å². The van der Waals surface area contributed by atoms with Gasteiger partial charge in [0.05, 0.1) is 7.11 Å². The van der Waals surface area contributed by atoms with Crippen LogP contribution in [0.1, 0.15) is 86.5 Å². The number of methoxy groups -OCH3 is 1. The molecule has 5 nitrogen and oxygen atoms in total. The van der Waals surface area contributed by atoms with E-state index in [9.17, 15) is 9.59 Å².